The number of benzene rings is 8. The van der Waals surface area contributed by atoms with E-state index in [2.05, 4.69) is 164 Å². The molecular weight excluding hydrogens is 757 g/mol. The molecule has 0 saturated carbocycles. The molecule has 11 rings (SSSR count). The van der Waals surface area contributed by atoms with Gasteiger partial charge in [-0.25, -0.2) is 15.0 Å². The number of para-hydroxylation sites is 2. The van der Waals surface area contributed by atoms with Gasteiger partial charge in [-0.05, 0) is 84.1 Å². The van der Waals surface area contributed by atoms with E-state index in [0.717, 1.165) is 66.6 Å². The standard InChI is InChI=1S/C57H40N4O/c1-37(34-50-38(2)61(46-22-13-6-14-23-46)52-33-31-44(35-51(50)52)39-16-7-3-8-17-39)47-24-15-25-49-48-32-30-45(36-53(48)62-54(47)49)40-26-28-43(29-27-40)57-59-55(41-18-9-4-10-19-41)58-56(60-57)42-20-11-5-12-21-42/h3-36H,1-2H3/b37-34+. The van der Waals surface area contributed by atoms with E-state index >= 15 is 0 Å². The molecule has 0 bridgehead atoms. The van der Waals surface area contributed by atoms with Gasteiger partial charge in [0, 0.05) is 55.4 Å². The van der Waals surface area contributed by atoms with Gasteiger partial charge in [0.1, 0.15) is 11.2 Å². The molecular formula is C57H40N4O. The Morgan fingerprint density at radius 2 is 0.952 bits per heavy atom. The van der Waals surface area contributed by atoms with Crippen LogP contribution in [0.5, 0.6) is 0 Å². The number of rotatable bonds is 8. The molecule has 0 amide bonds. The van der Waals surface area contributed by atoms with Crippen LogP contribution in [0.25, 0.3) is 107 Å². The van der Waals surface area contributed by atoms with Crippen LogP contribution in [0.15, 0.2) is 205 Å². The number of nitrogens with zero attached hydrogens (tertiary/aromatic N) is 4. The van der Waals surface area contributed by atoms with Crippen LogP contribution >= 0.6 is 0 Å². The SMILES string of the molecule is C/C(=C\c1c(C)n(-c2ccccc2)c2ccc(-c3ccccc3)cc12)c1cccc2c1oc1cc(-c3ccc(-c4nc(-c5ccccc5)nc(-c5ccccc5)n4)cc3)ccc12. The first-order valence-corrected chi connectivity index (χ1v) is 20.9. The van der Waals surface area contributed by atoms with E-state index in [1.165, 1.54) is 33.3 Å². The van der Waals surface area contributed by atoms with Crippen LogP contribution < -0.4 is 0 Å². The average molecular weight is 797 g/mol. The largest absolute Gasteiger partial charge is 0.455 e. The molecule has 0 aliphatic heterocycles. The molecule has 0 spiro atoms. The van der Waals surface area contributed by atoms with Crippen molar-refractivity contribution in [2.75, 3.05) is 0 Å². The van der Waals surface area contributed by atoms with Crippen molar-refractivity contribution in [3.05, 3.63) is 217 Å². The van der Waals surface area contributed by atoms with Crippen LogP contribution in [-0.4, -0.2) is 19.5 Å². The Labute approximate surface area is 360 Å². The molecule has 3 aromatic heterocycles. The van der Waals surface area contributed by atoms with Crippen molar-refractivity contribution in [2.45, 2.75) is 13.8 Å². The van der Waals surface area contributed by atoms with E-state index in [9.17, 15) is 0 Å². The molecule has 5 nitrogen and oxygen atoms in total. The van der Waals surface area contributed by atoms with Gasteiger partial charge in [0.05, 0.1) is 5.52 Å². The summed E-state index contributed by atoms with van der Waals surface area (Å²) < 4.78 is 9.17. The maximum Gasteiger partial charge on any atom is 0.164 e. The maximum atomic E-state index is 6.80. The van der Waals surface area contributed by atoms with E-state index in [4.69, 9.17) is 19.4 Å². The second kappa shape index (κ2) is 15.5. The molecule has 0 fully saturated rings. The number of hydrogen-bond donors (Lipinski definition) is 0. The summed E-state index contributed by atoms with van der Waals surface area (Å²) in [7, 11) is 0. The zero-order valence-electron chi connectivity index (χ0n) is 34.3. The summed E-state index contributed by atoms with van der Waals surface area (Å²) in [6.45, 7) is 4.41. The van der Waals surface area contributed by atoms with Crippen LogP contribution in [0.3, 0.4) is 0 Å². The van der Waals surface area contributed by atoms with Gasteiger partial charge in [0.25, 0.3) is 0 Å². The number of hydrogen-bond acceptors (Lipinski definition) is 4. The lowest BCUT2D eigenvalue weighted by molar-refractivity contribution is 0.668. The van der Waals surface area contributed by atoms with Crippen LogP contribution in [-0.2, 0) is 0 Å². The third kappa shape index (κ3) is 6.66. The average Bonchev–Trinajstić information content (AvgIpc) is 3.85. The fraction of sp³-hybridized carbons (Fsp3) is 0.0351. The summed E-state index contributed by atoms with van der Waals surface area (Å²) in [4.78, 5) is 14.7. The normalized spacial score (nSPS) is 11.8. The van der Waals surface area contributed by atoms with Gasteiger partial charge in [0.2, 0.25) is 0 Å². The molecule has 0 unspecified atom stereocenters. The molecule has 0 atom stereocenters. The monoisotopic (exact) mass is 796 g/mol. The quantitative estimate of drug-likeness (QED) is 0.154. The third-order valence-electron chi connectivity index (χ3n) is 11.8. The predicted octanol–water partition coefficient (Wildman–Crippen LogP) is 14.9. The maximum absolute atomic E-state index is 6.80. The van der Waals surface area contributed by atoms with Crippen LogP contribution in [0.1, 0.15) is 23.7 Å². The summed E-state index contributed by atoms with van der Waals surface area (Å²) in [5, 5.41) is 3.40. The smallest absolute Gasteiger partial charge is 0.164 e. The summed E-state index contributed by atoms with van der Waals surface area (Å²) in [5.74, 6) is 1.92. The first kappa shape index (κ1) is 36.9. The van der Waals surface area contributed by atoms with Crippen molar-refractivity contribution < 1.29 is 4.42 Å². The highest BCUT2D eigenvalue weighted by Gasteiger charge is 2.18. The fourth-order valence-electron chi connectivity index (χ4n) is 8.68. The van der Waals surface area contributed by atoms with Gasteiger partial charge in [-0.2, -0.15) is 0 Å². The van der Waals surface area contributed by atoms with Crippen molar-refractivity contribution in [1.29, 1.82) is 0 Å². The molecule has 294 valence electrons. The minimum absolute atomic E-state index is 0.629. The molecule has 8 aromatic carbocycles. The molecule has 62 heavy (non-hydrogen) atoms. The molecule has 0 N–H and O–H groups in total. The minimum atomic E-state index is 0.629. The summed E-state index contributed by atoms with van der Waals surface area (Å²) in [5.41, 5.74) is 16.0. The highest BCUT2D eigenvalue weighted by atomic mass is 16.3. The van der Waals surface area contributed by atoms with Crippen LogP contribution in [0, 0.1) is 6.92 Å². The highest BCUT2D eigenvalue weighted by molar-refractivity contribution is 6.10. The lowest BCUT2D eigenvalue weighted by Crippen LogP contribution is -2.00. The molecule has 5 heteroatoms. The molecule has 0 aliphatic carbocycles. The Morgan fingerprint density at radius 1 is 0.452 bits per heavy atom. The minimum Gasteiger partial charge on any atom is -0.455 e. The molecule has 11 aromatic rings. The zero-order chi connectivity index (χ0) is 41.6. The summed E-state index contributed by atoms with van der Waals surface area (Å²) in [6, 6.07) is 69.6. The van der Waals surface area contributed by atoms with E-state index < -0.39 is 0 Å². The second-order valence-electron chi connectivity index (χ2n) is 15.7. The van der Waals surface area contributed by atoms with Crippen LogP contribution in [0.2, 0.25) is 0 Å². The lowest BCUT2D eigenvalue weighted by Gasteiger charge is -2.09. The topological polar surface area (TPSA) is 56.7 Å². The van der Waals surface area contributed by atoms with Gasteiger partial charge in [-0.1, -0.05) is 164 Å². The number of aromatic nitrogens is 4. The van der Waals surface area contributed by atoms with Gasteiger partial charge in [-0.3, -0.25) is 0 Å². The predicted molar refractivity (Wildman–Crippen MR) is 256 cm³/mol. The van der Waals surface area contributed by atoms with Gasteiger partial charge in [-0.15, -0.1) is 0 Å². The Kier molecular flexibility index (Phi) is 9.20. The molecule has 0 aliphatic rings. The van der Waals surface area contributed by atoms with E-state index in [0.29, 0.717) is 17.5 Å². The number of fused-ring (bicyclic) bond motifs is 4. The van der Waals surface area contributed by atoms with E-state index in [-0.39, 0.29) is 0 Å². The van der Waals surface area contributed by atoms with Crippen molar-refractivity contribution >= 4 is 44.5 Å². The first-order valence-electron chi connectivity index (χ1n) is 20.9. The van der Waals surface area contributed by atoms with Crippen molar-refractivity contribution in [1.82, 2.24) is 19.5 Å². The van der Waals surface area contributed by atoms with Crippen molar-refractivity contribution in [3.8, 4) is 62.1 Å². The number of allylic oxidation sites excluding steroid dienone is 1. The summed E-state index contributed by atoms with van der Waals surface area (Å²) >= 11 is 0. The van der Waals surface area contributed by atoms with Crippen molar-refractivity contribution in [3.63, 3.8) is 0 Å². The van der Waals surface area contributed by atoms with Gasteiger partial charge >= 0.3 is 0 Å². The highest BCUT2D eigenvalue weighted by Crippen LogP contribution is 2.39. The third-order valence-corrected chi connectivity index (χ3v) is 11.8. The summed E-state index contributed by atoms with van der Waals surface area (Å²) in [6.07, 6.45) is 2.33. The Hall–Kier alpha value is -8.15. The van der Waals surface area contributed by atoms with Gasteiger partial charge < -0.3 is 8.98 Å². The Bertz CT molecular complexity index is 3380. The second-order valence-corrected chi connectivity index (χ2v) is 15.7. The number of furan rings is 1. The molecule has 0 radical (unpaired) electrons. The molecule has 3 heterocycles. The van der Waals surface area contributed by atoms with Gasteiger partial charge in [0.15, 0.2) is 17.5 Å². The first-order chi connectivity index (χ1) is 30.6. The Balaban J connectivity index is 0.960. The van der Waals surface area contributed by atoms with Crippen LogP contribution in [0.4, 0.5) is 0 Å². The lowest BCUT2D eigenvalue weighted by atomic mass is 9.98. The van der Waals surface area contributed by atoms with E-state index in [1.807, 2.05) is 60.7 Å². The molecule has 0 saturated heterocycles. The Morgan fingerprint density at radius 3 is 1.58 bits per heavy atom. The van der Waals surface area contributed by atoms with Crippen molar-refractivity contribution in [2.24, 2.45) is 0 Å². The fourth-order valence-corrected chi connectivity index (χ4v) is 8.68. The van der Waals surface area contributed by atoms with E-state index in [1.54, 1.807) is 0 Å². The zero-order valence-corrected chi connectivity index (χ0v) is 34.3.